The van der Waals surface area contributed by atoms with Gasteiger partial charge in [0.1, 0.15) is 0 Å². The molecule has 0 saturated heterocycles. The molecule has 2 rings (SSSR count). The molecule has 2 saturated carbocycles. The number of hydrogen-bond acceptors (Lipinski definition) is 2. The lowest BCUT2D eigenvalue weighted by atomic mass is 9.81. The molecule has 3 atom stereocenters. The zero-order valence-electron chi connectivity index (χ0n) is 8.12. The quantitative estimate of drug-likeness (QED) is 0.673. The first-order valence-electron chi connectivity index (χ1n) is 5.24. The van der Waals surface area contributed by atoms with Crippen LogP contribution in [-0.4, -0.2) is 18.0 Å². The minimum Gasteiger partial charge on any atom is -0.352 e. The maximum absolute atomic E-state index is 11.5. The van der Waals surface area contributed by atoms with E-state index in [1.54, 1.807) is 0 Å². The highest BCUT2D eigenvalue weighted by atomic mass is 16.2. The molecule has 0 radical (unpaired) electrons. The highest BCUT2D eigenvalue weighted by Crippen LogP contribution is 2.32. The van der Waals surface area contributed by atoms with Gasteiger partial charge in [-0.25, -0.2) is 0 Å². The molecular weight excluding hydrogens is 164 g/mol. The van der Waals surface area contributed by atoms with Gasteiger partial charge in [0.05, 0.1) is 6.04 Å². The minimum atomic E-state index is -0.243. The first kappa shape index (κ1) is 9.00. The molecule has 0 heterocycles. The Balaban J connectivity index is 1.76. The first-order chi connectivity index (χ1) is 6.18. The molecule has 0 spiro atoms. The van der Waals surface area contributed by atoms with Gasteiger partial charge in [-0.3, -0.25) is 4.79 Å². The van der Waals surface area contributed by atoms with Crippen LogP contribution in [0.1, 0.15) is 32.6 Å². The summed E-state index contributed by atoms with van der Waals surface area (Å²) in [5.41, 5.74) is 5.78. The van der Waals surface area contributed by atoms with Crippen LogP contribution in [0.4, 0.5) is 0 Å². The zero-order chi connectivity index (χ0) is 9.42. The van der Waals surface area contributed by atoms with E-state index in [0.29, 0.717) is 17.9 Å². The Morgan fingerprint density at radius 1 is 1.38 bits per heavy atom. The Hall–Kier alpha value is -0.570. The summed E-state index contributed by atoms with van der Waals surface area (Å²) in [4.78, 5) is 11.5. The predicted octanol–water partition coefficient (Wildman–Crippen LogP) is 0.638. The van der Waals surface area contributed by atoms with E-state index in [2.05, 4.69) is 12.2 Å². The molecule has 0 aromatic heterocycles. The second kappa shape index (κ2) is 3.29. The maximum Gasteiger partial charge on any atom is 0.237 e. The van der Waals surface area contributed by atoms with Gasteiger partial charge in [0.15, 0.2) is 0 Å². The van der Waals surface area contributed by atoms with Crippen LogP contribution in [0.25, 0.3) is 0 Å². The lowest BCUT2D eigenvalue weighted by Crippen LogP contribution is -2.51. The third-order valence-corrected chi connectivity index (χ3v) is 3.38. The number of hydrogen-bond donors (Lipinski definition) is 2. The van der Waals surface area contributed by atoms with Crippen molar-refractivity contribution in [1.29, 1.82) is 0 Å². The fraction of sp³-hybridized carbons (Fsp3) is 0.900. The average Bonchev–Trinajstić information content (AvgIpc) is 2.93. The van der Waals surface area contributed by atoms with Gasteiger partial charge in [-0.05, 0) is 37.5 Å². The van der Waals surface area contributed by atoms with E-state index in [4.69, 9.17) is 5.73 Å². The normalized spacial score (nSPS) is 34.9. The molecule has 0 aromatic rings. The van der Waals surface area contributed by atoms with Crippen LogP contribution in [0.5, 0.6) is 0 Å². The van der Waals surface area contributed by atoms with Gasteiger partial charge >= 0.3 is 0 Å². The van der Waals surface area contributed by atoms with Crippen molar-refractivity contribution < 1.29 is 4.79 Å². The predicted molar refractivity (Wildman–Crippen MR) is 51.0 cm³/mol. The smallest absolute Gasteiger partial charge is 0.237 e. The topological polar surface area (TPSA) is 55.1 Å². The third kappa shape index (κ3) is 1.85. The largest absolute Gasteiger partial charge is 0.352 e. The summed E-state index contributed by atoms with van der Waals surface area (Å²) in [6.07, 6.45) is 4.64. The van der Waals surface area contributed by atoms with Gasteiger partial charge < -0.3 is 11.1 Å². The fourth-order valence-electron chi connectivity index (χ4n) is 1.83. The van der Waals surface area contributed by atoms with Crippen LogP contribution in [0.2, 0.25) is 0 Å². The van der Waals surface area contributed by atoms with E-state index in [1.807, 2.05) is 0 Å². The Morgan fingerprint density at radius 2 is 2.08 bits per heavy atom. The van der Waals surface area contributed by atoms with E-state index in [0.717, 1.165) is 19.3 Å². The van der Waals surface area contributed by atoms with Crippen LogP contribution < -0.4 is 11.1 Å². The monoisotopic (exact) mass is 182 g/mol. The summed E-state index contributed by atoms with van der Waals surface area (Å²) in [6.45, 7) is 2.18. The Kier molecular flexibility index (Phi) is 2.28. The van der Waals surface area contributed by atoms with Crippen molar-refractivity contribution in [2.75, 3.05) is 0 Å². The Bertz CT molecular complexity index is 213. The summed E-state index contributed by atoms with van der Waals surface area (Å²) in [6, 6.07) is 0.157. The summed E-state index contributed by atoms with van der Waals surface area (Å²) in [7, 11) is 0. The molecule has 2 aliphatic rings. The van der Waals surface area contributed by atoms with Crippen LogP contribution in [-0.2, 0) is 4.79 Å². The van der Waals surface area contributed by atoms with Crippen LogP contribution in [0, 0.1) is 11.8 Å². The van der Waals surface area contributed by atoms with Gasteiger partial charge in [0, 0.05) is 6.04 Å². The zero-order valence-corrected chi connectivity index (χ0v) is 8.12. The molecule has 0 aromatic carbocycles. The molecule has 2 fully saturated rings. The Labute approximate surface area is 79.1 Å². The number of carbonyl (C=O) groups is 1. The Morgan fingerprint density at radius 3 is 2.46 bits per heavy atom. The van der Waals surface area contributed by atoms with Gasteiger partial charge in [-0.1, -0.05) is 6.92 Å². The minimum absolute atomic E-state index is 0.0686. The van der Waals surface area contributed by atoms with E-state index in [9.17, 15) is 4.79 Å². The van der Waals surface area contributed by atoms with Crippen molar-refractivity contribution in [3.05, 3.63) is 0 Å². The molecule has 3 heteroatoms. The molecule has 0 bridgehead atoms. The van der Waals surface area contributed by atoms with Crippen molar-refractivity contribution >= 4 is 5.91 Å². The number of amides is 1. The van der Waals surface area contributed by atoms with Crippen LogP contribution >= 0.6 is 0 Å². The molecule has 1 amide bonds. The van der Waals surface area contributed by atoms with Crippen molar-refractivity contribution in [3.63, 3.8) is 0 Å². The summed E-state index contributed by atoms with van der Waals surface area (Å²) in [5, 5.41) is 3.02. The molecule has 0 aliphatic heterocycles. The van der Waals surface area contributed by atoms with Crippen molar-refractivity contribution in [2.24, 2.45) is 17.6 Å². The highest BCUT2D eigenvalue weighted by molar-refractivity contribution is 5.82. The lowest BCUT2D eigenvalue weighted by Gasteiger charge is -2.35. The molecule has 3 nitrogen and oxygen atoms in total. The third-order valence-electron chi connectivity index (χ3n) is 3.38. The van der Waals surface area contributed by atoms with Crippen molar-refractivity contribution in [1.82, 2.24) is 5.32 Å². The molecule has 74 valence electrons. The molecule has 2 aliphatic carbocycles. The summed E-state index contributed by atoms with van der Waals surface area (Å²) < 4.78 is 0. The van der Waals surface area contributed by atoms with Crippen LogP contribution in [0.15, 0.2) is 0 Å². The molecule has 3 N–H and O–H groups in total. The molecule has 13 heavy (non-hydrogen) atoms. The van der Waals surface area contributed by atoms with Gasteiger partial charge in [0.2, 0.25) is 5.91 Å². The first-order valence-corrected chi connectivity index (χ1v) is 5.24. The fourth-order valence-corrected chi connectivity index (χ4v) is 1.83. The standard InChI is InChI=1S/C10H18N2O/c1-6-2-5-8(6)12-10(13)9(11)7-3-4-7/h6-9H,2-5,11H2,1H3,(H,12,13). The number of carbonyl (C=O) groups excluding carboxylic acids is 1. The van der Waals surface area contributed by atoms with Crippen molar-refractivity contribution in [3.8, 4) is 0 Å². The maximum atomic E-state index is 11.5. The van der Waals surface area contributed by atoms with Gasteiger partial charge in [-0.15, -0.1) is 0 Å². The number of rotatable bonds is 3. The van der Waals surface area contributed by atoms with E-state index in [-0.39, 0.29) is 11.9 Å². The second-order valence-corrected chi connectivity index (χ2v) is 4.53. The average molecular weight is 182 g/mol. The highest BCUT2D eigenvalue weighted by Gasteiger charge is 2.36. The molecular formula is C10H18N2O. The number of nitrogens with one attached hydrogen (secondary N) is 1. The lowest BCUT2D eigenvalue weighted by molar-refractivity contribution is -0.124. The summed E-state index contributed by atoms with van der Waals surface area (Å²) >= 11 is 0. The second-order valence-electron chi connectivity index (χ2n) is 4.53. The van der Waals surface area contributed by atoms with E-state index in [1.165, 1.54) is 6.42 Å². The summed E-state index contributed by atoms with van der Waals surface area (Å²) in [5.74, 6) is 1.18. The van der Waals surface area contributed by atoms with Gasteiger partial charge in [0.25, 0.3) is 0 Å². The van der Waals surface area contributed by atoms with Crippen LogP contribution in [0.3, 0.4) is 0 Å². The van der Waals surface area contributed by atoms with Gasteiger partial charge in [-0.2, -0.15) is 0 Å². The SMILES string of the molecule is CC1CCC1NC(=O)C(N)C1CC1. The number of nitrogens with two attached hydrogens (primary N) is 1. The van der Waals surface area contributed by atoms with E-state index < -0.39 is 0 Å². The van der Waals surface area contributed by atoms with E-state index >= 15 is 0 Å². The molecule has 3 unspecified atom stereocenters. The van der Waals surface area contributed by atoms with Crippen molar-refractivity contribution in [2.45, 2.75) is 44.7 Å².